The largest absolute Gasteiger partial charge is 0.455 e. The van der Waals surface area contributed by atoms with E-state index in [1.54, 1.807) is 0 Å². The number of hydrogen-bond acceptors (Lipinski definition) is 3. The first-order valence-corrected chi connectivity index (χ1v) is 18.8. The van der Waals surface area contributed by atoms with Crippen LogP contribution in [0.3, 0.4) is 0 Å². The Balaban J connectivity index is 1.05. The third-order valence-corrected chi connectivity index (χ3v) is 11.8. The van der Waals surface area contributed by atoms with E-state index >= 15 is 0 Å². The van der Waals surface area contributed by atoms with Crippen molar-refractivity contribution in [2.45, 2.75) is 0 Å². The van der Waals surface area contributed by atoms with Gasteiger partial charge in [0.05, 0.1) is 5.69 Å². The lowest BCUT2D eigenvalue weighted by atomic mass is 9.97. The van der Waals surface area contributed by atoms with Crippen molar-refractivity contribution in [1.82, 2.24) is 0 Å². The minimum Gasteiger partial charge on any atom is -0.455 e. The molecule has 0 spiro atoms. The summed E-state index contributed by atoms with van der Waals surface area (Å²) in [6.45, 7) is 0. The molecule has 11 rings (SSSR count). The van der Waals surface area contributed by atoms with Gasteiger partial charge in [-0.3, -0.25) is 0 Å². The van der Waals surface area contributed by atoms with E-state index in [0.717, 1.165) is 50.0 Å². The quantitative estimate of drug-likeness (QED) is 0.178. The van der Waals surface area contributed by atoms with Crippen molar-refractivity contribution < 1.29 is 4.42 Å². The second kappa shape index (κ2) is 11.9. The standard InChI is InChI=1S/C50H31NOS/c1-3-15-39-32(10-1)12-8-19-45(39)51(38-14-7-13-35(30-38)36-25-28-43-42-17-5-6-21-47(42)53-48(43)31-36)37-26-22-34(23-27-37)40-18-9-20-46-49(40)44-29-24-33-11-2-4-16-41(33)50(44)52-46/h1-31H. The molecule has 0 N–H and O–H groups in total. The number of nitrogens with zero attached hydrogens (tertiary/aromatic N) is 1. The second-order valence-corrected chi connectivity index (χ2v) is 14.8. The zero-order chi connectivity index (χ0) is 34.9. The molecule has 0 aliphatic carbocycles. The van der Waals surface area contributed by atoms with Gasteiger partial charge in [0, 0.05) is 53.1 Å². The summed E-state index contributed by atoms with van der Waals surface area (Å²) in [5, 5.41) is 9.67. The van der Waals surface area contributed by atoms with E-state index in [1.165, 1.54) is 53.0 Å². The van der Waals surface area contributed by atoms with Crippen molar-refractivity contribution in [3.8, 4) is 22.3 Å². The highest BCUT2D eigenvalue weighted by atomic mass is 32.1. The lowest BCUT2D eigenvalue weighted by Gasteiger charge is -2.27. The van der Waals surface area contributed by atoms with Crippen LogP contribution in [0.1, 0.15) is 0 Å². The maximum atomic E-state index is 6.53. The van der Waals surface area contributed by atoms with Gasteiger partial charge in [0.15, 0.2) is 0 Å². The first-order valence-electron chi connectivity index (χ1n) is 18.0. The van der Waals surface area contributed by atoms with E-state index in [4.69, 9.17) is 4.42 Å². The molecule has 0 unspecified atom stereocenters. The summed E-state index contributed by atoms with van der Waals surface area (Å²) in [6.07, 6.45) is 0. The summed E-state index contributed by atoms with van der Waals surface area (Å²) < 4.78 is 9.16. The van der Waals surface area contributed by atoms with Crippen LogP contribution in [-0.2, 0) is 0 Å². The number of fused-ring (bicyclic) bond motifs is 9. The normalized spacial score (nSPS) is 11.8. The van der Waals surface area contributed by atoms with E-state index in [-0.39, 0.29) is 0 Å². The van der Waals surface area contributed by atoms with Crippen LogP contribution in [0.15, 0.2) is 192 Å². The molecule has 3 heteroatoms. The Kier molecular flexibility index (Phi) is 6.76. The van der Waals surface area contributed by atoms with Crippen LogP contribution < -0.4 is 4.90 Å². The molecule has 9 aromatic carbocycles. The average Bonchev–Trinajstić information content (AvgIpc) is 3.80. The van der Waals surface area contributed by atoms with Crippen LogP contribution in [0, 0.1) is 0 Å². The molecule has 11 aromatic rings. The average molecular weight is 694 g/mol. The molecule has 0 saturated carbocycles. The maximum absolute atomic E-state index is 6.53. The number of hydrogen-bond donors (Lipinski definition) is 0. The Hall–Kier alpha value is -6.68. The molecule has 2 nitrogen and oxygen atoms in total. The topological polar surface area (TPSA) is 16.4 Å². The molecule has 2 heterocycles. The van der Waals surface area contributed by atoms with E-state index < -0.39 is 0 Å². The van der Waals surface area contributed by atoms with Crippen LogP contribution in [-0.4, -0.2) is 0 Å². The predicted molar refractivity (Wildman–Crippen MR) is 227 cm³/mol. The monoisotopic (exact) mass is 693 g/mol. The number of thiophene rings is 1. The van der Waals surface area contributed by atoms with Gasteiger partial charge < -0.3 is 9.32 Å². The molecule has 0 radical (unpaired) electrons. The highest BCUT2D eigenvalue weighted by Gasteiger charge is 2.19. The second-order valence-electron chi connectivity index (χ2n) is 13.7. The molecule has 0 atom stereocenters. The Morgan fingerprint density at radius 3 is 1.94 bits per heavy atom. The Labute approximate surface area is 310 Å². The Morgan fingerprint density at radius 2 is 1.06 bits per heavy atom. The molecule has 0 amide bonds. The maximum Gasteiger partial charge on any atom is 0.143 e. The molecular formula is C50H31NOS. The lowest BCUT2D eigenvalue weighted by Crippen LogP contribution is -2.10. The summed E-state index contributed by atoms with van der Waals surface area (Å²) >= 11 is 1.86. The van der Waals surface area contributed by atoms with Crippen molar-refractivity contribution in [2.75, 3.05) is 4.90 Å². The van der Waals surface area contributed by atoms with Crippen LogP contribution >= 0.6 is 11.3 Å². The summed E-state index contributed by atoms with van der Waals surface area (Å²) in [5.74, 6) is 0. The third-order valence-electron chi connectivity index (χ3n) is 10.6. The van der Waals surface area contributed by atoms with Crippen LogP contribution in [0.25, 0.3) is 85.9 Å². The van der Waals surface area contributed by atoms with E-state index in [2.05, 4.69) is 193 Å². The highest BCUT2D eigenvalue weighted by Crippen LogP contribution is 2.44. The van der Waals surface area contributed by atoms with Gasteiger partial charge in [-0.2, -0.15) is 0 Å². The Morgan fingerprint density at radius 1 is 0.396 bits per heavy atom. The smallest absolute Gasteiger partial charge is 0.143 e. The number of rotatable bonds is 5. The van der Waals surface area contributed by atoms with Gasteiger partial charge >= 0.3 is 0 Å². The Bertz CT molecular complexity index is 3180. The van der Waals surface area contributed by atoms with Crippen LogP contribution in [0.5, 0.6) is 0 Å². The van der Waals surface area contributed by atoms with Crippen molar-refractivity contribution >= 4 is 92.1 Å². The van der Waals surface area contributed by atoms with Gasteiger partial charge in [-0.1, -0.05) is 133 Å². The SMILES string of the molecule is c1cc(-c2ccc3c(c2)sc2ccccc23)cc(N(c2ccc(-c3cccc4oc5c6ccccc6ccc5c34)cc2)c2cccc3ccccc23)c1. The van der Waals surface area contributed by atoms with Gasteiger partial charge in [0.1, 0.15) is 11.2 Å². The molecule has 0 fully saturated rings. The summed E-state index contributed by atoms with van der Waals surface area (Å²) in [5.41, 5.74) is 9.91. The molecule has 2 aromatic heterocycles. The van der Waals surface area contributed by atoms with Gasteiger partial charge in [0.25, 0.3) is 0 Å². The third kappa shape index (κ3) is 4.86. The lowest BCUT2D eigenvalue weighted by molar-refractivity contribution is 0.673. The van der Waals surface area contributed by atoms with E-state index in [1.807, 2.05) is 11.3 Å². The molecule has 0 saturated heterocycles. The van der Waals surface area contributed by atoms with Crippen LogP contribution in [0.4, 0.5) is 17.1 Å². The van der Waals surface area contributed by atoms with Crippen molar-refractivity contribution in [3.63, 3.8) is 0 Å². The molecule has 0 aliphatic rings. The zero-order valence-corrected chi connectivity index (χ0v) is 29.5. The first-order chi connectivity index (χ1) is 26.3. The molecule has 0 bridgehead atoms. The van der Waals surface area contributed by atoms with Crippen molar-refractivity contribution in [3.05, 3.63) is 188 Å². The van der Waals surface area contributed by atoms with Gasteiger partial charge in [-0.25, -0.2) is 0 Å². The summed E-state index contributed by atoms with van der Waals surface area (Å²) in [7, 11) is 0. The number of anilines is 3. The summed E-state index contributed by atoms with van der Waals surface area (Å²) in [4.78, 5) is 2.40. The predicted octanol–water partition coefficient (Wildman–Crippen LogP) is 15.1. The number of benzene rings is 9. The fourth-order valence-electron chi connectivity index (χ4n) is 8.14. The fraction of sp³-hybridized carbons (Fsp3) is 0. The van der Waals surface area contributed by atoms with Gasteiger partial charge in [0.2, 0.25) is 0 Å². The number of furan rings is 1. The molecule has 248 valence electrons. The summed E-state index contributed by atoms with van der Waals surface area (Å²) in [6, 6.07) is 68.0. The van der Waals surface area contributed by atoms with Crippen molar-refractivity contribution in [2.24, 2.45) is 0 Å². The van der Waals surface area contributed by atoms with Crippen molar-refractivity contribution in [1.29, 1.82) is 0 Å². The minimum absolute atomic E-state index is 0.904. The van der Waals surface area contributed by atoms with E-state index in [0.29, 0.717) is 0 Å². The highest BCUT2D eigenvalue weighted by molar-refractivity contribution is 7.25. The zero-order valence-electron chi connectivity index (χ0n) is 28.7. The fourth-order valence-corrected chi connectivity index (χ4v) is 9.29. The molecule has 53 heavy (non-hydrogen) atoms. The first kappa shape index (κ1) is 30.0. The minimum atomic E-state index is 0.904. The molecular weight excluding hydrogens is 663 g/mol. The van der Waals surface area contributed by atoms with Gasteiger partial charge in [-0.15, -0.1) is 11.3 Å². The van der Waals surface area contributed by atoms with Gasteiger partial charge in [-0.05, 0) is 87.6 Å². The molecule has 0 aliphatic heterocycles. The van der Waals surface area contributed by atoms with Crippen LogP contribution in [0.2, 0.25) is 0 Å². The van der Waals surface area contributed by atoms with E-state index in [9.17, 15) is 0 Å².